The fourth-order valence-corrected chi connectivity index (χ4v) is 2.91. The molecule has 0 spiro atoms. The zero-order valence-electron chi connectivity index (χ0n) is 12.5. The minimum Gasteiger partial charge on any atom is -0.352 e. The van der Waals surface area contributed by atoms with E-state index in [0.717, 1.165) is 37.7 Å². The third kappa shape index (κ3) is 4.34. The lowest BCUT2D eigenvalue weighted by atomic mass is 9.80. The summed E-state index contributed by atoms with van der Waals surface area (Å²) in [4.78, 5) is 12.0. The largest absolute Gasteiger partial charge is 0.352 e. The highest BCUT2D eigenvalue weighted by Gasteiger charge is 2.29. The average Bonchev–Trinajstić information content (AvgIpc) is 2.46. The predicted molar refractivity (Wildman–Crippen MR) is 82.3 cm³/mol. The van der Waals surface area contributed by atoms with Gasteiger partial charge in [0.1, 0.15) is 0 Å². The molecule has 0 bridgehead atoms. The van der Waals surface area contributed by atoms with Gasteiger partial charge in [-0.25, -0.2) is 0 Å². The molecule has 1 saturated carbocycles. The van der Waals surface area contributed by atoms with Crippen molar-refractivity contribution in [2.24, 2.45) is 5.73 Å². The van der Waals surface area contributed by atoms with Crippen molar-refractivity contribution in [3.05, 3.63) is 35.4 Å². The van der Waals surface area contributed by atoms with E-state index < -0.39 is 0 Å². The first kappa shape index (κ1) is 15.0. The van der Waals surface area contributed by atoms with E-state index in [4.69, 9.17) is 5.73 Å². The second-order valence-electron chi connectivity index (χ2n) is 6.05. The van der Waals surface area contributed by atoms with Gasteiger partial charge in [-0.1, -0.05) is 50.5 Å². The van der Waals surface area contributed by atoms with Gasteiger partial charge in [-0.15, -0.1) is 0 Å². The molecule has 0 saturated heterocycles. The van der Waals surface area contributed by atoms with Gasteiger partial charge in [0.25, 0.3) is 0 Å². The van der Waals surface area contributed by atoms with Crippen molar-refractivity contribution in [3.8, 4) is 0 Å². The van der Waals surface area contributed by atoms with Crippen LogP contribution in [0, 0.1) is 0 Å². The highest BCUT2D eigenvalue weighted by molar-refractivity contribution is 5.77. The third-order valence-corrected chi connectivity index (χ3v) is 4.28. The smallest absolute Gasteiger partial charge is 0.222 e. The van der Waals surface area contributed by atoms with E-state index in [9.17, 15) is 4.79 Å². The Morgan fingerprint density at radius 3 is 2.35 bits per heavy atom. The van der Waals surface area contributed by atoms with Crippen molar-refractivity contribution in [3.63, 3.8) is 0 Å². The van der Waals surface area contributed by atoms with E-state index in [1.165, 1.54) is 12.0 Å². The maximum absolute atomic E-state index is 12.0. The maximum Gasteiger partial charge on any atom is 0.222 e. The van der Waals surface area contributed by atoms with Gasteiger partial charge in [0.05, 0.1) is 0 Å². The number of aryl methyl sites for hydroxylation is 1. The van der Waals surface area contributed by atoms with Gasteiger partial charge in [0, 0.05) is 18.5 Å². The van der Waals surface area contributed by atoms with Crippen molar-refractivity contribution in [1.29, 1.82) is 0 Å². The fraction of sp³-hybridized carbons (Fsp3) is 0.588. The second-order valence-corrected chi connectivity index (χ2v) is 6.05. The second kappa shape index (κ2) is 6.89. The standard InChI is InChI=1S/C17H26N2O/c1-2-14-6-8-15(9-7-14)13-19-16(20)12-17(18)10-4-3-5-11-17/h6-9H,2-5,10-13,18H2,1H3,(H,19,20). The molecule has 1 aromatic rings. The molecule has 2 rings (SSSR count). The average molecular weight is 274 g/mol. The Morgan fingerprint density at radius 1 is 1.15 bits per heavy atom. The van der Waals surface area contributed by atoms with E-state index in [1.807, 2.05) is 0 Å². The van der Waals surface area contributed by atoms with Crippen LogP contribution in [-0.2, 0) is 17.8 Å². The maximum atomic E-state index is 12.0. The van der Waals surface area contributed by atoms with Crippen LogP contribution in [-0.4, -0.2) is 11.4 Å². The van der Waals surface area contributed by atoms with Crippen molar-refractivity contribution in [2.75, 3.05) is 0 Å². The van der Waals surface area contributed by atoms with E-state index in [1.54, 1.807) is 0 Å². The van der Waals surface area contributed by atoms with E-state index in [2.05, 4.69) is 36.5 Å². The van der Waals surface area contributed by atoms with Crippen molar-refractivity contribution < 1.29 is 4.79 Å². The molecule has 0 atom stereocenters. The van der Waals surface area contributed by atoms with Gasteiger partial charge in [-0.05, 0) is 30.4 Å². The highest BCUT2D eigenvalue weighted by Crippen LogP contribution is 2.28. The normalized spacial score (nSPS) is 17.7. The lowest BCUT2D eigenvalue weighted by Gasteiger charge is -2.32. The Morgan fingerprint density at radius 2 is 1.75 bits per heavy atom. The molecule has 1 aliphatic carbocycles. The van der Waals surface area contributed by atoms with Crippen molar-refractivity contribution >= 4 is 5.91 Å². The lowest BCUT2D eigenvalue weighted by Crippen LogP contribution is -2.45. The van der Waals surface area contributed by atoms with Gasteiger partial charge in [0.15, 0.2) is 0 Å². The first-order valence-corrected chi connectivity index (χ1v) is 7.75. The molecule has 3 heteroatoms. The molecule has 3 N–H and O–H groups in total. The summed E-state index contributed by atoms with van der Waals surface area (Å²) in [6.45, 7) is 2.74. The molecular formula is C17H26N2O. The number of nitrogens with two attached hydrogens (primary N) is 1. The zero-order chi connectivity index (χ0) is 14.4. The summed E-state index contributed by atoms with van der Waals surface area (Å²) in [7, 11) is 0. The van der Waals surface area contributed by atoms with Crippen LogP contribution in [0.3, 0.4) is 0 Å². The predicted octanol–water partition coefficient (Wildman–Crippen LogP) is 2.92. The molecule has 0 aromatic heterocycles. The molecule has 20 heavy (non-hydrogen) atoms. The number of hydrogen-bond acceptors (Lipinski definition) is 2. The molecule has 0 heterocycles. The van der Waals surface area contributed by atoms with Gasteiger partial charge in [-0.3, -0.25) is 4.79 Å². The third-order valence-electron chi connectivity index (χ3n) is 4.28. The molecule has 1 aromatic carbocycles. The number of carbonyl (C=O) groups excluding carboxylic acids is 1. The fourth-order valence-electron chi connectivity index (χ4n) is 2.91. The topological polar surface area (TPSA) is 55.1 Å². The van der Waals surface area contributed by atoms with Gasteiger partial charge in [0.2, 0.25) is 5.91 Å². The Labute approximate surface area is 121 Å². The lowest BCUT2D eigenvalue weighted by molar-refractivity contribution is -0.122. The van der Waals surface area contributed by atoms with Crippen molar-refractivity contribution in [2.45, 2.75) is 64.0 Å². The SMILES string of the molecule is CCc1ccc(CNC(=O)CC2(N)CCCCC2)cc1. The summed E-state index contributed by atoms with van der Waals surface area (Å²) < 4.78 is 0. The van der Waals surface area contributed by atoms with Crippen LogP contribution in [0.2, 0.25) is 0 Å². The van der Waals surface area contributed by atoms with Crippen molar-refractivity contribution in [1.82, 2.24) is 5.32 Å². The minimum absolute atomic E-state index is 0.0777. The van der Waals surface area contributed by atoms with Crippen LogP contribution in [0.5, 0.6) is 0 Å². The highest BCUT2D eigenvalue weighted by atomic mass is 16.1. The molecular weight excluding hydrogens is 248 g/mol. The molecule has 1 amide bonds. The van der Waals surface area contributed by atoms with Gasteiger partial charge >= 0.3 is 0 Å². The molecule has 3 nitrogen and oxygen atoms in total. The monoisotopic (exact) mass is 274 g/mol. The molecule has 0 radical (unpaired) electrons. The summed E-state index contributed by atoms with van der Waals surface area (Å²) in [6.07, 6.45) is 7.02. The number of nitrogens with one attached hydrogen (secondary N) is 1. The Balaban J connectivity index is 1.79. The zero-order valence-corrected chi connectivity index (χ0v) is 12.5. The van der Waals surface area contributed by atoms with Crippen LogP contribution in [0.1, 0.15) is 56.6 Å². The van der Waals surface area contributed by atoms with Crippen LogP contribution >= 0.6 is 0 Å². The summed E-state index contributed by atoms with van der Waals surface area (Å²) in [5.41, 5.74) is 8.50. The van der Waals surface area contributed by atoms with Gasteiger partial charge in [-0.2, -0.15) is 0 Å². The summed E-state index contributed by atoms with van der Waals surface area (Å²) in [5, 5.41) is 2.99. The Bertz CT molecular complexity index is 433. The Kier molecular flexibility index (Phi) is 5.18. The van der Waals surface area contributed by atoms with E-state index >= 15 is 0 Å². The van der Waals surface area contributed by atoms with Crippen LogP contribution in [0.15, 0.2) is 24.3 Å². The summed E-state index contributed by atoms with van der Waals surface area (Å²) >= 11 is 0. The first-order chi connectivity index (χ1) is 9.61. The minimum atomic E-state index is -0.269. The summed E-state index contributed by atoms with van der Waals surface area (Å²) in [5.74, 6) is 0.0777. The molecule has 0 unspecified atom stereocenters. The Hall–Kier alpha value is -1.35. The van der Waals surface area contributed by atoms with Gasteiger partial charge < -0.3 is 11.1 Å². The van der Waals surface area contributed by atoms with Crippen LogP contribution in [0.4, 0.5) is 0 Å². The number of benzene rings is 1. The molecule has 1 fully saturated rings. The summed E-state index contributed by atoms with van der Waals surface area (Å²) in [6, 6.07) is 8.40. The molecule has 0 aliphatic heterocycles. The number of rotatable bonds is 5. The van der Waals surface area contributed by atoms with Crippen LogP contribution in [0.25, 0.3) is 0 Å². The first-order valence-electron chi connectivity index (χ1n) is 7.75. The molecule has 110 valence electrons. The van der Waals surface area contributed by atoms with E-state index in [-0.39, 0.29) is 11.4 Å². The number of amides is 1. The van der Waals surface area contributed by atoms with E-state index in [0.29, 0.717) is 13.0 Å². The van der Waals surface area contributed by atoms with Crippen LogP contribution < -0.4 is 11.1 Å². The molecule has 1 aliphatic rings. The number of carbonyl (C=O) groups is 1. The number of hydrogen-bond donors (Lipinski definition) is 2. The quantitative estimate of drug-likeness (QED) is 0.867.